The molecule has 6 atom stereocenters. The van der Waals surface area contributed by atoms with Gasteiger partial charge in [-0.15, -0.1) is 6.58 Å². The smallest absolute Gasteiger partial charge is 0.289 e. The first kappa shape index (κ1) is 37.2. The number of carbonyl (C=O) groups is 6. The van der Waals surface area contributed by atoms with Gasteiger partial charge < -0.3 is 26.2 Å². The average molecular weight is 695 g/mol. The second-order valence-corrected chi connectivity index (χ2v) is 16.8. The van der Waals surface area contributed by atoms with E-state index in [0.29, 0.717) is 13.0 Å². The molecule has 0 bridgehead atoms. The van der Waals surface area contributed by atoms with Crippen molar-refractivity contribution in [1.29, 1.82) is 0 Å². The zero-order chi connectivity index (χ0) is 36.6. The van der Waals surface area contributed by atoms with E-state index in [-0.39, 0.29) is 35.5 Å². The van der Waals surface area contributed by atoms with Crippen LogP contribution in [0.4, 0.5) is 0 Å². The zero-order valence-electron chi connectivity index (χ0n) is 30.3. The molecule has 1 aliphatic heterocycles. The quantitative estimate of drug-likeness (QED) is 0.144. The molecule has 3 saturated carbocycles. The molecule has 14 nitrogen and oxygen atoms in total. The molecule has 5 N–H and O–H groups in total. The standard InChI is InChI=1S/C36H54N8O6/c1-8-16-37-30(47)25(45)22(17-20-12-13-20)40-29(46)24-23-21(35(23,5)6)18-44(24)33(50)27(34(2,3)4)42-31(48)26(36(7)14-10-9-11-15-36)41-32(49)28-38-19-39-43-28/h8,19-24,26-27H,1,9-18H2,2-7H3,(H,37,47)(H,40,46)(H,41,49)(H,42,48)(H,38,39,43)/t21?,22?,23-,24-,26+,27+/m0/s1. The monoisotopic (exact) mass is 694 g/mol. The lowest BCUT2D eigenvalue weighted by Crippen LogP contribution is -2.64. The van der Waals surface area contributed by atoms with Crippen LogP contribution in [-0.2, 0) is 24.0 Å². The van der Waals surface area contributed by atoms with Crippen molar-refractivity contribution < 1.29 is 28.8 Å². The van der Waals surface area contributed by atoms with Crippen LogP contribution < -0.4 is 21.3 Å². The number of rotatable bonds is 14. The molecular weight excluding hydrogens is 640 g/mol. The molecule has 5 amide bonds. The Balaban J connectivity index is 1.38. The van der Waals surface area contributed by atoms with E-state index < -0.39 is 70.3 Å². The van der Waals surface area contributed by atoms with Crippen molar-refractivity contribution in [1.82, 2.24) is 41.3 Å². The summed E-state index contributed by atoms with van der Waals surface area (Å²) in [6.07, 6.45) is 9.17. The zero-order valence-corrected chi connectivity index (χ0v) is 30.3. The third-order valence-electron chi connectivity index (χ3n) is 11.5. The molecule has 4 aliphatic rings. The van der Waals surface area contributed by atoms with Crippen molar-refractivity contribution in [2.45, 2.75) is 117 Å². The summed E-state index contributed by atoms with van der Waals surface area (Å²) in [4.78, 5) is 87.5. The summed E-state index contributed by atoms with van der Waals surface area (Å²) in [6.45, 7) is 15.7. The number of likely N-dealkylation sites (tertiary alicyclic amines) is 1. The van der Waals surface area contributed by atoms with Crippen LogP contribution >= 0.6 is 0 Å². The minimum absolute atomic E-state index is 0.0184. The van der Waals surface area contributed by atoms with Crippen LogP contribution in [-0.4, -0.2) is 92.7 Å². The highest BCUT2D eigenvalue weighted by atomic mass is 16.2. The summed E-state index contributed by atoms with van der Waals surface area (Å²) in [7, 11) is 0. The van der Waals surface area contributed by atoms with Gasteiger partial charge in [-0.3, -0.25) is 33.9 Å². The number of Topliss-reactive ketones (excluding diaryl/α,β-unsaturated/α-hetero) is 1. The largest absolute Gasteiger partial charge is 0.346 e. The van der Waals surface area contributed by atoms with E-state index in [9.17, 15) is 28.8 Å². The van der Waals surface area contributed by atoms with Crippen molar-refractivity contribution in [2.24, 2.45) is 34.0 Å². The fourth-order valence-corrected chi connectivity index (χ4v) is 8.16. The molecule has 0 spiro atoms. The lowest BCUT2D eigenvalue weighted by Gasteiger charge is -2.42. The molecule has 3 aliphatic carbocycles. The molecule has 2 heterocycles. The fraction of sp³-hybridized carbons (Fsp3) is 0.722. The number of carbonyl (C=O) groups excluding carboxylic acids is 6. The number of piperidine rings is 1. The first-order chi connectivity index (χ1) is 23.5. The van der Waals surface area contributed by atoms with E-state index >= 15 is 0 Å². The van der Waals surface area contributed by atoms with E-state index in [4.69, 9.17) is 0 Å². The molecular formula is C36H54N8O6. The number of H-pyrrole nitrogens is 1. The highest BCUT2D eigenvalue weighted by Crippen LogP contribution is 2.65. The predicted molar refractivity (Wildman–Crippen MR) is 184 cm³/mol. The van der Waals surface area contributed by atoms with Crippen LogP contribution in [0.1, 0.15) is 104 Å². The van der Waals surface area contributed by atoms with E-state index in [2.05, 4.69) is 56.9 Å². The lowest BCUT2D eigenvalue weighted by atomic mass is 9.70. The number of nitrogens with one attached hydrogen (secondary N) is 5. The molecule has 1 saturated heterocycles. The van der Waals surface area contributed by atoms with Gasteiger partial charge in [0.2, 0.25) is 29.3 Å². The van der Waals surface area contributed by atoms with Gasteiger partial charge >= 0.3 is 0 Å². The number of nitrogens with zero attached hydrogens (tertiary/aromatic N) is 3. The average Bonchev–Trinajstić information content (AvgIpc) is 3.75. The maximum atomic E-state index is 14.6. The van der Waals surface area contributed by atoms with Crippen LogP contribution in [0.5, 0.6) is 0 Å². The normalized spacial score (nSPS) is 25.2. The van der Waals surface area contributed by atoms with E-state index in [1.807, 2.05) is 27.7 Å². The predicted octanol–water partition coefficient (Wildman–Crippen LogP) is 2.04. The van der Waals surface area contributed by atoms with Crippen LogP contribution in [0.2, 0.25) is 0 Å². The summed E-state index contributed by atoms with van der Waals surface area (Å²) in [5.74, 6) is -3.30. The number of aromatic nitrogens is 3. The molecule has 1 aromatic rings. The number of ketones is 1. The second kappa shape index (κ2) is 14.3. The van der Waals surface area contributed by atoms with Crippen molar-refractivity contribution in [3.05, 3.63) is 24.8 Å². The number of amides is 5. The van der Waals surface area contributed by atoms with Gasteiger partial charge in [0, 0.05) is 13.1 Å². The van der Waals surface area contributed by atoms with E-state index in [1.54, 1.807) is 4.90 Å². The summed E-state index contributed by atoms with van der Waals surface area (Å²) in [5, 5.41) is 17.6. The van der Waals surface area contributed by atoms with Gasteiger partial charge in [-0.25, -0.2) is 4.98 Å². The molecule has 14 heteroatoms. The summed E-state index contributed by atoms with van der Waals surface area (Å²) >= 11 is 0. The lowest BCUT2D eigenvalue weighted by molar-refractivity contribution is -0.147. The van der Waals surface area contributed by atoms with Crippen LogP contribution in [0.25, 0.3) is 0 Å². The summed E-state index contributed by atoms with van der Waals surface area (Å²) < 4.78 is 0. The Morgan fingerprint density at radius 1 is 1.04 bits per heavy atom. The van der Waals surface area contributed by atoms with Gasteiger partial charge in [-0.05, 0) is 53.3 Å². The van der Waals surface area contributed by atoms with Crippen LogP contribution in [0.15, 0.2) is 19.0 Å². The SMILES string of the molecule is C=CCNC(=O)C(=O)C(CC1CC1)NC(=O)[C@@H]1[C@@H]2C(CN1C(=O)[C@@H](NC(=O)[C@@H](NC(=O)c1ncn[nH]1)C1(C)CCCCC1)C(C)(C)C)C2(C)C. The van der Waals surface area contributed by atoms with Gasteiger partial charge in [0.05, 0.1) is 6.04 Å². The second-order valence-electron chi connectivity index (χ2n) is 16.8. The highest BCUT2D eigenvalue weighted by Gasteiger charge is 2.70. The number of fused-ring (bicyclic) bond motifs is 1. The molecule has 5 rings (SSSR count). The minimum atomic E-state index is -1.03. The fourth-order valence-electron chi connectivity index (χ4n) is 8.16. The van der Waals surface area contributed by atoms with Crippen molar-refractivity contribution in [3.63, 3.8) is 0 Å². The third kappa shape index (κ3) is 7.78. The molecule has 274 valence electrons. The van der Waals surface area contributed by atoms with Crippen molar-refractivity contribution in [2.75, 3.05) is 13.1 Å². The summed E-state index contributed by atoms with van der Waals surface area (Å²) in [5.41, 5.74) is -1.54. The maximum Gasteiger partial charge on any atom is 0.289 e. The Morgan fingerprint density at radius 2 is 1.72 bits per heavy atom. The maximum absolute atomic E-state index is 14.6. The van der Waals surface area contributed by atoms with Gasteiger partial charge in [0.25, 0.3) is 11.8 Å². The molecule has 0 aromatic carbocycles. The molecule has 0 radical (unpaired) electrons. The third-order valence-corrected chi connectivity index (χ3v) is 11.5. The number of aromatic amines is 1. The van der Waals surface area contributed by atoms with E-state index in [0.717, 1.165) is 44.9 Å². The van der Waals surface area contributed by atoms with Crippen LogP contribution in [0, 0.1) is 34.0 Å². The summed E-state index contributed by atoms with van der Waals surface area (Å²) in [6, 6.07) is -3.88. The van der Waals surface area contributed by atoms with Gasteiger partial charge in [0.1, 0.15) is 24.5 Å². The Morgan fingerprint density at radius 3 is 2.30 bits per heavy atom. The molecule has 50 heavy (non-hydrogen) atoms. The van der Waals surface area contributed by atoms with Crippen molar-refractivity contribution >= 4 is 35.3 Å². The number of hydrogen-bond donors (Lipinski definition) is 5. The van der Waals surface area contributed by atoms with Gasteiger partial charge in [-0.1, -0.05) is 79.7 Å². The Bertz CT molecular complexity index is 1490. The Kier molecular flexibility index (Phi) is 10.6. The van der Waals surface area contributed by atoms with Crippen molar-refractivity contribution in [3.8, 4) is 0 Å². The Labute approximate surface area is 294 Å². The molecule has 4 fully saturated rings. The Hall–Kier alpha value is -4.10. The van der Waals surface area contributed by atoms with Gasteiger partial charge in [0.15, 0.2) is 0 Å². The molecule has 2 unspecified atom stereocenters. The van der Waals surface area contributed by atoms with Crippen LogP contribution in [0.3, 0.4) is 0 Å². The van der Waals surface area contributed by atoms with Gasteiger partial charge in [-0.2, -0.15) is 5.10 Å². The molecule has 1 aromatic heterocycles. The minimum Gasteiger partial charge on any atom is -0.346 e. The first-order valence-electron chi connectivity index (χ1n) is 18.0. The topological polar surface area (TPSA) is 195 Å². The van der Waals surface area contributed by atoms with E-state index in [1.165, 1.54) is 12.4 Å². The highest BCUT2D eigenvalue weighted by molar-refractivity contribution is 6.38. The first-order valence-corrected chi connectivity index (χ1v) is 18.0. The number of hydrogen-bond acceptors (Lipinski definition) is 8.